The summed E-state index contributed by atoms with van der Waals surface area (Å²) < 4.78 is 2.43. The Morgan fingerprint density at radius 3 is 1.62 bits per heavy atom. The van der Waals surface area contributed by atoms with Crippen LogP contribution in [0.25, 0.3) is 59.8 Å². The van der Waals surface area contributed by atoms with Gasteiger partial charge >= 0.3 is 0 Å². The van der Waals surface area contributed by atoms with Gasteiger partial charge in [-0.2, -0.15) is 0 Å². The van der Waals surface area contributed by atoms with Gasteiger partial charge in [0.25, 0.3) is 0 Å². The van der Waals surface area contributed by atoms with Crippen molar-refractivity contribution in [1.29, 1.82) is 0 Å². The molecule has 1 aromatic heterocycles. The number of hydrogen-bond donors (Lipinski definition) is 0. The molecule has 0 radical (unpaired) electrons. The number of rotatable bonds is 1. The van der Waals surface area contributed by atoms with Crippen LogP contribution in [0.4, 0.5) is 0 Å². The molecule has 0 atom stereocenters. The average Bonchev–Trinajstić information content (AvgIpc) is 3.12. The highest BCUT2D eigenvalue weighted by molar-refractivity contribution is 6.25. The summed E-state index contributed by atoms with van der Waals surface area (Å²) >= 11 is 0. The van der Waals surface area contributed by atoms with Crippen molar-refractivity contribution in [3.63, 3.8) is 0 Å². The second-order valence-corrected chi connectivity index (χ2v) is 7.81. The fraction of sp³-hybridized carbons (Fsp3) is 0. The zero-order valence-corrected chi connectivity index (χ0v) is 15.8. The van der Waals surface area contributed by atoms with E-state index in [-0.39, 0.29) is 0 Å². The van der Waals surface area contributed by atoms with E-state index < -0.39 is 0 Å². The lowest BCUT2D eigenvalue weighted by atomic mass is 9.93. The number of para-hydroxylation sites is 2. The minimum Gasteiger partial charge on any atom is -0.309 e. The van der Waals surface area contributed by atoms with Gasteiger partial charge in [-0.3, -0.25) is 0 Å². The Labute approximate surface area is 167 Å². The summed E-state index contributed by atoms with van der Waals surface area (Å²) in [5.74, 6) is 0. The third-order valence-electron chi connectivity index (χ3n) is 6.33. The van der Waals surface area contributed by atoms with Crippen LogP contribution in [0.2, 0.25) is 0 Å². The van der Waals surface area contributed by atoms with Crippen molar-refractivity contribution in [3.05, 3.63) is 103 Å². The van der Waals surface area contributed by atoms with Crippen LogP contribution >= 0.6 is 0 Å². The van der Waals surface area contributed by atoms with E-state index in [1.54, 1.807) is 0 Å². The highest BCUT2D eigenvalue weighted by Crippen LogP contribution is 2.39. The fourth-order valence-electron chi connectivity index (χ4n) is 5.10. The molecule has 0 saturated heterocycles. The van der Waals surface area contributed by atoms with Gasteiger partial charge in [0.05, 0.1) is 16.7 Å². The molecule has 0 aliphatic rings. The summed E-state index contributed by atoms with van der Waals surface area (Å²) in [6.07, 6.45) is 0. The topological polar surface area (TPSA) is 4.93 Å². The molecule has 0 amide bonds. The molecule has 0 unspecified atom stereocenters. The lowest BCUT2D eigenvalue weighted by molar-refractivity contribution is 1.20. The second kappa shape index (κ2) is 5.36. The number of hydrogen-bond acceptors (Lipinski definition) is 0. The first-order valence-corrected chi connectivity index (χ1v) is 10.1. The molecule has 0 N–H and O–H groups in total. The van der Waals surface area contributed by atoms with Crippen LogP contribution in [0.15, 0.2) is 103 Å². The first-order chi connectivity index (χ1) is 14.4. The van der Waals surface area contributed by atoms with Crippen molar-refractivity contribution < 1.29 is 0 Å². The fourth-order valence-corrected chi connectivity index (χ4v) is 5.10. The smallest absolute Gasteiger partial charge is 0.0541 e. The molecule has 7 rings (SSSR count). The number of benzene rings is 6. The van der Waals surface area contributed by atoms with Crippen molar-refractivity contribution in [2.75, 3.05) is 0 Å². The molecule has 1 heteroatoms. The minimum atomic E-state index is 1.24. The van der Waals surface area contributed by atoms with Gasteiger partial charge < -0.3 is 4.57 Å². The Kier molecular flexibility index (Phi) is 2.80. The first kappa shape index (κ1) is 15.1. The van der Waals surface area contributed by atoms with E-state index in [0.29, 0.717) is 0 Å². The van der Waals surface area contributed by atoms with Crippen molar-refractivity contribution in [1.82, 2.24) is 4.57 Å². The summed E-state index contributed by atoms with van der Waals surface area (Å²) in [5.41, 5.74) is 3.75. The van der Waals surface area contributed by atoms with Crippen molar-refractivity contribution in [3.8, 4) is 5.69 Å². The largest absolute Gasteiger partial charge is 0.309 e. The van der Waals surface area contributed by atoms with Crippen molar-refractivity contribution >= 4 is 54.1 Å². The lowest BCUT2D eigenvalue weighted by Gasteiger charge is -2.16. The Morgan fingerprint density at radius 1 is 0.379 bits per heavy atom. The number of fused-ring (bicyclic) bond motifs is 3. The minimum absolute atomic E-state index is 1.24. The predicted octanol–water partition coefficient (Wildman–Crippen LogP) is 7.68. The Morgan fingerprint density at radius 2 is 0.931 bits per heavy atom. The number of nitrogens with zero attached hydrogens (tertiary/aromatic N) is 1. The molecule has 0 bridgehead atoms. The number of aromatic nitrogens is 1. The summed E-state index contributed by atoms with van der Waals surface area (Å²) in [4.78, 5) is 0. The van der Waals surface area contributed by atoms with Crippen LogP contribution in [0.3, 0.4) is 0 Å². The molecule has 7 aromatic rings. The molecule has 0 aliphatic carbocycles. The van der Waals surface area contributed by atoms with Crippen LogP contribution in [-0.2, 0) is 0 Å². The molecule has 0 aliphatic heterocycles. The zero-order chi connectivity index (χ0) is 18.9. The summed E-state index contributed by atoms with van der Waals surface area (Å²) in [5, 5.41) is 10.5. The molecule has 1 nitrogen and oxygen atoms in total. The predicted molar refractivity (Wildman–Crippen MR) is 124 cm³/mol. The Bertz CT molecular complexity index is 1630. The second-order valence-electron chi connectivity index (χ2n) is 7.81. The van der Waals surface area contributed by atoms with Gasteiger partial charge in [-0.15, -0.1) is 0 Å². The normalized spacial score (nSPS) is 12.1. The van der Waals surface area contributed by atoms with Gasteiger partial charge in [0.1, 0.15) is 0 Å². The Balaban J connectivity index is 1.73. The quantitative estimate of drug-likeness (QED) is 0.262. The highest BCUT2D eigenvalue weighted by Gasteiger charge is 2.16. The SMILES string of the molecule is c1cc2ccc3ccc(-n4c5ccccc5c5ccccc54)c4ccc(c1)c2c34. The molecule has 0 fully saturated rings. The van der Waals surface area contributed by atoms with E-state index in [0.717, 1.165) is 0 Å². The summed E-state index contributed by atoms with van der Waals surface area (Å²) in [6, 6.07) is 37.6. The van der Waals surface area contributed by atoms with E-state index >= 15 is 0 Å². The van der Waals surface area contributed by atoms with Crippen molar-refractivity contribution in [2.24, 2.45) is 0 Å². The van der Waals surface area contributed by atoms with Crippen molar-refractivity contribution in [2.45, 2.75) is 0 Å². The maximum atomic E-state index is 2.43. The summed E-state index contributed by atoms with van der Waals surface area (Å²) in [7, 11) is 0. The molecular formula is C28H17N. The standard InChI is InChI=1S/C28H17N/c1-3-10-24-21(8-1)22-9-2-4-11-25(22)29(24)26-17-15-20-13-12-18-6-5-7-19-14-16-23(26)28(20)27(18)19/h1-17H. The molecule has 134 valence electrons. The van der Waals surface area contributed by atoms with Gasteiger partial charge in [0.2, 0.25) is 0 Å². The molecule has 1 heterocycles. The van der Waals surface area contributed by atoms with Crippen LogP contribution in [-0.4, -0.2) is 4.57 Å². The molecule has 0 saturated carbocycles. The van der Waals surface area contributed by atoms with Gasteiger partial charge in [-0.1, -0.05) is 84.9 Å². The molecule has 6 aromatic carbocycles. The van der Waals surface area contributed by atoms with E-state index in [4.69, 9.17) is 0 Å². The summed E-state index contributed by atoms with van der Waals surface area (Å²) in [6.45, 7) is 0. The monoisotopic (exact) mass is 367 g/mol. The van der Waals surface area contributed by atoms with Crippen LogP contribution in [0.1, 0.15) is 0 Å². The van der Waals surface area contributed by atoms with E-state index in [1.807, 2.05) is 0 Å². The van der Waals surface area contributed by atoms with Crippen LogP contribution in [0, 0.1) is 0 Å². The highest BCUT2D eigenvalue weighted by atomic mass is 15.0. The van der Waals surface area contributed by atoms with Gasteiger partial charge in [-0.25, -0.2) is 0 Å². The third kappa shape index (κ3) is 1.89. The van der Waals surface area contributed by atoms with Gasteiger partial charge in [-0.05, 0) is 45.1 Å². The Hall–Kier alpha value is -3.84. The van der Waals surface area contributed by atoms with Crippen LogP contribution in [0.5, 0.6) is 0 Å². The zero-order valence-electron chi connectivity index (χ0n) is 15.8. The maximum absolute atomic E-state index is 2.43. The molecular weight excluding hydrogens is 350 g/mol. The lowest BCUT2D eigenvalue weighted by Crippen LogP contribution is -1.96. The van der Waals surface area contributed by atoms with E-state index in [9.17, 15) is 0 Å². The average molecular weight is 367 g/mol. The first-order valence-electron chi connectivity index (χ1n) is 10.1. The van der Waals surface area contributed by atoms with E-state index in [1.165, 1.54) is 59.8 Å². The van der Waals surface area contributed by atoms with E-state index in [2.05, 4.69) is 108 Å². The molecule has 29 heavy (non-hydrogen) atoms. The van der Waals surface area contributed by atoms with Crippen LogP contribution < -0.4 is 0 Å². The maximum Gasteiger partial charge on any atom is 0.0541 e. The van der Waals surface area contributed by atoms with Gasteiger partial charge in [0.15, 0.2) is 0 Å². The molecule has 0 spiro atoms. The third-order valence-corrected chi connectivity index (χ3v) is 6.33. The van der Waals surface area contributed by atoms with Gasteiger partial charge in [0, 0.05) is 16.2 Å².